The highest BCUT2D eigenvalue weighted by molar-refractivity contribution is 5.70. The van der Waals surface area contributed by atoms with Crippen LogP contribution >= 0.6 is 0 Å². The molecule has 0 bridgehead atoms. The Hall–Kier alpha value is -2.23. The van der Waals surface area contributed by atoms with Crippen molar-refractivity contribution in [3.05, 3.63) is 23.8 Å². The first-order valence-electron chi connectivity index (χ1n) is 14.6. The number of carbonyl (C=O) groups is 3. The molecule has 0 amide bonds. The average molecular weight is 569 g/mol. The van der Waals surface area contributed by atoms with E-state index in [-0.39, 0.29) is 55.4 Å². The van der Waals surface area contributed by atoms with Gasteiger partial charge < -0.3 is 29.2 Å². The Bertz CT molecular complexity index is 878. The van der Waals surface area contributed by atoms with E-state index < -0.39 is 35.9 Å². The van der Waals surface area contributed by atoms with Crippen molar-refractivity contribution in [2.45, 2.75) is 143 Å². The fraction of sp³-hybridized carbons (Fsp3) is 0.774. The molecule has 9 unspecified atom stereocenters. The number of hydrogen-bond acceptors (Lipinski definition) is 9. The zero-order valence-corrected chi connectivity index (χ0v) is 25.8. The van der Waals surface area contributed by atoms with Gasteiger partial charge in [-0.2, -0.15) is 0 Å². The number of aliphatic hydroxyl groups excluding tert-OH is 1. The van der Waals surface area contributed by atoms with Crippen LogP contribution in [0.5, 0.6) is 0 Å². The fourth-order valence-corrected chi connectivity index (χ4v) is 4.78. The van der Waals surface area contributed by atoms with Gasteiger partial charge >= 0.3 is 17.9 Å². The molecule has 0 aliphatic carbocycles. The second-order valence-corrected chi connectivity index (χ2v) is 11.5. The van der Waals surface area contributed by atoms with Crippen LogP contribution in [-0.4, -0.2) is 70.3 Å². The van der Waals surface area contributed by atoms with Gasteiger partial charge in [0.2, 0.25) is 0 Å². The molecule has 0 aromatic carbocycles. The summed E-state index contributed by atoms with van der Waals surface area (Å²) >= 11 is 0. The Morgan fingerprint density at radius 3 is 2.17 bits per heavy atom. The molecule has 40 heavy (non-hydrogen) atoms. The molecule has 0 spiro atoms. The lowest BCUT2D eigenvalue weighted by molar-refractivity contribution is -0.160. The molecule has 0 aromatic rings. The Morgan fingerprint density at radius 1 is 1.00 bits per heavy atom. The molecule has 0 saturated carbocycles. The van der Waals surface area contributed by atoms with Crippen molar-refractivity contribution < 1.29 is 43.5 Å². The Labute approximate surface area is 240 Å². The van der Waals surface area contributed by atoms with Gasteiger partial charge in [-0.15, -0.1) is 0 Å². The van der Waals surface area contributed by atoms with Crippen LogP contribution in [0.4, 0.5) is 0 Å². The molecule has 0 aromatic heterocycles. The lowest BCUT2D eigenvalue weighted by Crippen LogP contribution is -2.40. The summed E-state index contributed by atoms with van der Waals surface area (Å²) in [5.41, 5.74) is -0.425. The third kappa shape index (κ3) is 13.0. The zero-order valence-electron chi connectivity index (χ0n) is 25.8. The molecule has 0 radical (unpaired) electrons. The summed E-state index contributed by atoms with van der Waals surface area (Å²) in [6.07, 6.45) is 6.33. The molecule has 1 fully saturated rings. The van der Waals surface area contributed by atoms with Crippen molar-refractivity contribution in [1.82, 2.24) is 0 Å². The van der Waals surface area contributed by atoms with Crippen LogP contribution in [0.1, 0.15) is 101 Å². The topological polar surface area (TPSA) is 132 Å². The molecule has 1 aliphatic heterocycles. The van der Waals surface area contributed by atoms with Crippen LogP contribution in [-0.2, 0) is 33.3 Å². The number of epoxide rings is 1. The summed E-state index contributed by atoms with van der Waals surface area (Å²) in [5, 5.41) is 20.8. The summed E-state index contributed by atoms with van der Waals surface area (Å²) in [4.78, 5) is 34.9. The van der Waals surface area contributed by atoms with Gasteiger partial charge in [0.25, 0.3) is 0 Å². The van der Waals surface area contributed by atoms with E-state index in [0.717, 1.165) is 18.4 Å². The highest BCUT2D eigenvalue weighted by atomic mass is 16.6. The molecule has 1 saturated heterocycles. The van der Waals surface area contributed by atoms with E-state index in [0.29, 0.717) is 6.42 Å². The predicted molar refractivity (Wildman–Crippen MR) is 152 cm³/mol. The highest BCUT2D eigenvalue weighted by Crippen LogP contribution is 2.37. The van der Waals surface area contributed by atoms with Crippen LogP contribution < -0.4 is 0 Å². The zero-order chi connectivity index (χ0) is 30.6. The molecule has 1 rings (SSSR count). The molecule has 9 nitrogen and oxygen atoms in total. The minimum atomic E-state index is -1.32. The highest BCUT2D eigenvalue weighted by Gasteiger charge is 2.46. The number of rotatable bonds is 18. The molecule has 9 atom stereocenters. The van der Waals surface area contributed by atoms with Crippen LogP contribution in [0.2, 0.25) is 0 Å². The molecule has 2 N–H and O–H groups in total. The number of esters is 3. The number of aliphatic hydroxyl groups is 2. The van der Waals surface area contributed by atoms with E-state index in [1.165, 1.54) is 20.8 Å². The summed E-state index contributed by atoms with van der Waals surface area (Å²) in [6, 6.07) is 0. The fourth-order valence-electron chi connectivity index (χ4n) is 4.78. The smallest absolute Gasteiger partial charge is 0.309 e. The first-order valence-corrected chi connectivity index (χ1v) is 14.6. The van der Waals surface area contributed by atoms with E-state index >= 15 is 0 Å². The summed E-state index contributed by atoms with van der Waals surface area (Å²) in [5.74, 6) is -0.846. The molecule has 230 valence electrons. The predicted octanol–water partition coefficient (Wildman–Crippen LogP) is 4.82. The maximum atomic E-state index is 12.5. The van der Waals surface area contributed by atoms with Gasteiger partial charge in [-0.1, -0.05) is 45.9 Å². The minimum absolute atomic E-state index is 0.0973. The van der Waals surface area contributed by atoms with Crippen LogP contribution in [0.15, 0.2) is 23.8 Å². The van der Waals surface area contributed by atoms with Gasteiger partial charge in [0, 0.05) is 19.8 Å². The van der Waals surface area contributed by atoms with E-state index in [1.807, 2.05) is 32.9 Å². The van der Waals surface area contributed by atoms with Crippen LogP contribution in [0.25, 0.3) is 0 Å². The van der Waals surface area contributed by atoms with Crippen molar-refractivity contribution in [2.24, 2.45) is 11.8 Å². The lowest BCUT2D eigenvalue weighted by Gasteiger charge is -2.30. The molecular weight excluding hydrogens is 516 g/mol. The van der Waals surface area contributed by atoms with Gasteiger partial charge in [0.15, 0.2) is 0 Å². The monoisotopic (exact) mass is 568 g/mol. The Kier molecular flexibility index (Phi) is 15.1. The van der Waals surface area contributed by atoms with Crippen molar-refractivity contribution >= 4 is 17.9 Å². The number of allylic oxidation sites excluding steroid dienone is 3. The van der Waals surface area contributed by atoms with Crippen LogP contribution in [0.3, 0.4) is 0 Å². The third-order valence-electron chi connectivity index (χ3n) is 7.61. The standard InChI is InChI=1S/C31H52O9/c1-10-26(39-29(35)18-25(34)15-16-31(9,36)22(6)37-23(7)32)20(4)14-12-13-19(3)17-28-30(40-28)21(5)27(11-2)38-24(8)33/h12-14,19,21-22,25-28,30,34,36H,10-11,15-18H2,1-9H3/b13-12+,20-14+. The summed E-state index contributed by atoms with van der Waals surface area (Å²) in [6.45, 7) is 15.8. The van der Waals surface area contributed by atoms with E-state index in [9.17, 15) is 24.6 Å². The van der Waals surface area contributed by atoms with Crippen LogP contribution in [0, 0.1) is 11.8 Å². The molecule has 9 heteroatoms. The SMILES string of the molecule is CCC(OC(=O)CC(O)CCC(C)(O)C(C)OC(C)=O)/C(C)=C/C=C/C(C)CC1OC1C(C)C(CC)OC(C)=O. The largest absolute Gasteiger partial charge is 0.462 e. The van der Waals surface area contributed by atoms with E-state index in [4.69, 9.17) is 18.9 Å². The summed E-state index contributed by atoms with van der Waals surface area (Å²) in [7, 11) is 0. The second-order valence-electron chi connectivity index (χ2n) is 11.5. The van der Waals surface area contributed by atoms with Crippen molar-refractivity contribution in [2.75, 3.05) is 0 Å². The Morgan fingerprint density at radius 2 is 1.62 bits per heavy atom. The third-order valence-corrected chi connectivity index (χ3v) is 7.61. The molecular formula is C31H52O9. The normalized spacial score (nSPS) is 23.3. The lowest BCUT2D eigenvalue weighted by atomic mass is 9.92. The quantitative estimate of drug-likeness (QED) is 0.103. The van der Waals surface area contributed by atoms with E-state index in [1.54, 1.807) is 6.92 Å². The minimum Gasteiger partial charge on any atom is -0.462 e. The maximum Gasteiger partial charge on any atom is 0.309 e. The van der Waals surface area contributed by atoms with Gasteiger partial charge in [-0.05, 0) is 64.4 Å². The van der Waals surface area contributed by atoms with Gasteiger partial charge in [0.1, 0.15) is 18.3 Å². The molecule has 1 heterocycles. The first kappa shape index (κ1) is 35.8. The first-order chi connectivity index (χ1) is 18.6. The van der Waals surface area contributed by atoms with Gasteiger partial charge in [-0.25, -0.2) is 0 Å². The number of carbonyl (C=O) groups excluding carboxylic acids is 3. The second kappa shape index (κ2) is 16.9. The maximum absolute atomic E-state index is 12.5. The van der Waals surface area contributed by atoms with E-state index in [2.05, 4.69) is 19.9 Å². The summed E-state index contributed by atoms with van der Waals surface area (Å²) < 4.78 is 21.9. The number of hydrogen-bond donors (Lipinski definition) is 2. The van der Waals surface area contributed by atoms with Crippen molar-refractivity contribution in [3.8, 4) is 0 Å². The van der Waals surface area contributed by atoms with Crippen molar-refractivity contribution in [3.63, 3.8) is 0 Å². The van der Waals surface area contributed by atoms with Crippen molar-refractivity contribution in [1.29, 1.82) is 0 Å². The Balaban J connectivity index is 2.51. The molecule has 1 aliphatic rings. The van der Waals surface area contributed by atoms with Gasteiger partial charge in [0.05, 0.1) is 30.3 Å². The van der Waals surface area contributed by atoms with Gasteiger partial charge in [-0.3, -0.25) is 14.4 Å². The average Bonchev–Trinajstić information content (AvgIpc) is 3.62. The number of ether oxygens (including phenoxy) is 4.